The Balaban J connectivity index is 2.00. The van der Waals surface area contributed by atoms with Gasteiger partial charge in [0.05, 0.1) is 0 Å². The molecular weight excluding hydrogens is 206 g/mol. The summed E-state index contributed by atoms with van der Waals surface area (Å²) in [5.74, 6) is 0. The van der Waals surface area contributed by atoms with Crippen molar-refractivity contribution in [1.82, 2.24) is 5.32 Å². The minimum absolute atomic E-state index is 0.501. The Morgan fingerprint density at radius 1 is 1.24 bits per heavy atom. The molecule has 0 aromatic heterocycles. The highest BCUT2D eigenvalue weighted by Crippen LogP contribution is 2.40. The molecule has 0 heterocycles. The van der Waals surface area contributed by atoms with Crippen molar-refractivity contribution >= 4 is 0 Å². The highest BCUT2D eigenvalue weighted by molar-refractivity contribution is 5.23. The second-order valence-electron chi connectivity index (χ2n) is 5.89. The van der Waals surface area contributed by atoms with Gasteiger partial charge in [0, 0.05) is 6.04 Å². The second kappa shape index (κ2) is 5.22. The van der Waals surface area contributed by atoms with E-state index in [1.165, 1.54) is 36.8 Å². The average molecular weight is 231 g/mol. The molecule has 1 fully saturated rings. The van der Waals surface area contributed by atoms with Gasteiger partial charge in [0.1, 0.15) is 0 Å². The highest BCUT2D eigenvalue weighted by Gasteiger charge is 2.34. The first-order valence-electron chi connectivity index (χ1n) is 6.90. The standard InChI is InChI=1S/C16H25N/c1-4-13-5-7-14(8-6-13)11-16(2)10-9-15(12-16)17-3/h5-8,15,17H,4,9-12H2,1-3H3. The van der Waals surface area contributed by atoms with Crippen LogP contribution in [0.15, 0.2) is 24.3 Å². The first-order chi connectivity index (χ1) is 8.15. The Morgan fingerprint density at radius 2 is 1.88 bits per heavy atom. The summed E-state index contributed by atoms with van der Waals surface area (Å²) in [6.07, 6.45) is 6.38. The second-order valence-corrected chi connectivity index (χ2v) is 5.89. The molecule has 1 aliphatic carbocycles. The summed E-state index contributed by atoms with van der Waals surface area (Å²) in [5, 5.41) is 3.42. The Hall–Kier alpha value is -0.820. The highest BCUT2D eigenvalue weighted by atomic mass is 14.9. The van der Waals surface area contributed by atoms with Crippen LogP contribution in [-0.2, 0) is 12.8 Å². The molecule has 0 amide bonds. The van der Waals surface area contributed by atoms with E-state index in [1.54, 1.807) is 0 Å². The van der Waals surface area contributed by atoms with Crippen molar-refractivity contribution in [3.63, 3.8) is 0 Å². The van der Waals surface area contributed by atoms with Gasteiger partial charge >= 0.3 is 0 Å². The van der Waals surface area contributed by atoms with Crippen LogP contribution in [0.1, 0.15) is 44.2 Å². The van der Waals surface area contributed by atoms with Gasteiger partial charge in [-0.1, -0.05) is 38.1 Å². The van der Waals surface area contributed by atoms with Crippen LogP contribution in [-0.4, -0.2) is 13.1 Å². The number of aryl methyl sites for hydroxylation is 1. The van der Waals surface area contributed by atoms with Gasteiger partial charge in [0.2, 0.25) is 0 Å². The zero-order valence-corrected chi connectivity index (χ0v) is 11.4. The molecule has 1 aromatic carbocycles. The summed E-state index contributed by atoms with van der Waals surface area (Å²) < 4.78 is 0. The van der Waals surface area contributed by atoms with Gasteiger partial charge in [0.15, 0.2) is 0 Å². The molecule has 1 aliphatic rings. The van der Waals surface area contributed by atoms with E-state index in [0.717, 1.165) is 12.5 Å². The van der Waals surface area contributed by atoms with Crippen LogP contribution in [0.5, 0.6) is 0 Å². The first-order valence-corrected chi connectivity index (χ1v) is 6.90. The fourth-order valence-corrected chi connectivity index (χ4v) is 3.11. The molecule has 94 valence electrons. The topological polar surface area (TPSA) is 12.0 Å². The van der Waals surface area contributed by atoms with E-state index in [0.29, 0.717) is 5.41 Å². The fraction of sp³-hybridized carbons (Fsp3) is 0.625. The van der Waals surface area contributed by atoms with Gasteiger partial charge in [-0.25, -0.2) is 0 Å². The Bertz CT molecular complexity index is 354. The largest absolute Gasteiger partial charge is 0.317 e. The molecule has 0 aliphatic heterocycles. The molecule has 0 spiro atoms. The minimum Gasteiger partial charge on any atom is -0.317 e. The Labute approximate surface area is 106 Å². The third-order valence-corrected chi connectivity index (χ3v) is 4.31. The van der Waals surface area contributed by atoms with Crippen LogP contribution in [0.4, 0.5) is 0 Å². The first kappa shape index (κ1) is 12.6. The zero-order valence-electron chi connectivity index (χ0n) is 11.4. The lowest BCUT2D eigenvalue weighted by atomic mass is 9.82. The molecule has 2 unspecified atom stereocenters. The molecule has 2 rings (SSSR count). The molecule has 1 N–H and O–H groups in total. The van der Waals surface area contributed by atoms with E-state index in [1.807, 2.05) is 0 Å². The van der Waals surface area contributed by atoms with Gasteiger partial charge in [-0.3, -0.25) is 0 Å². The van der Waals surface area contributed by atoms with Gasteiger partial charge in [-0.15, -0.1) is 0 Å². The molecule has 0 bridgehead atoms. The molecule has 0 saturated heterocycles. The van der Waals surface area contributed by atoms with Gasteiger partial charge in [0.25, 0.3) is 0 Å². The Morgan fingerprint density at radius 3 is 2.41 bits per heavy atom. The van der Waals surface area contributed by atoms with Crippen LogP contribution in [0.2, 0.25) is 0 Å². The summed E-state index contributed by atoms with van der Waals surface area (Å²) in [6, 6.07) is 9.93. The maximum absolute atomic E-state index is 3.42. The van der Waals surface area contributed by atoms with Crippen LogP contribution in [0, 0.1) is 5.41 Å². The lowest BCUT2D eigenvalue weighted by Gasteiger charge is -2.24. The van der Waals surface area contributed by atoms with Gasteiger partial charge in [-0.05, 0) is 55.7 Å². The van der Waals surface area contributed by atoms with Crippen LogP contribution in [0.25, 0.3) is 0 Å². The van der Waals surface area contributed by atoms with E-state index in [2.05, 4.69) is 50.5 Å². The van der Waals surface area contributed by atoms with Crippen molar-refractivity contribution in [2.24, 2.45) is 5.41 Å². The molecule has 0 radical (unpaired) electrons. The lowest BCUT2D eigenvalue weighted by Crippen LogP contribution is -2.24. The lowest BCUT2D eigenvalue weighted by molar-refractivity contribution is 0.324. The summed E-state index contributed by atoms with van der Waals surface area (Å²) in [7, 11) is 2.09. The summed E-state index contributed by atoms with van der Waals surface area (Å²) in [4.78, 5) is 0. The monoisotopic (exact) mass is 231 g/mol. The average Bonchev–Trinajstić information content (AvgIpc) is 2.72. The Kier molecular flexibility index (Phi) is 3.88. The normalized spacial score (nSPS) is 28.5. The van der Waals surface area contributed by atoms with Crippen molar-refractivity contribution in [1.29, 1.82) is 0 Å². The maximum atomic E-state index is 3.42. The third-order valence-electron chi connectivity index (χ3n) is 4.31. The van der Waals surface area contributed by atoms with E-state index in [9.17, 15) is 0 Å². The van der Waals surface area contributed by atoms with Crippen molar-refractivity contribution in [3.05, 3.63) is 35.4 Å². The van der Waals surface area contributed by atoms with E-state index in [4.69, 9.17) is 0 Å². The third kappa shape index (κ3) is 3.10. The fourth-order valence-electron chi connectivity index (χ4n) is 3.11. The van der Waals surface area contributed by atoms with E-state index in [-0.39, 0.29) is 0 Å². The molecule has 1 saturated carbocycles. The quantitative estimate of drug-likeness (QED) is 0.835. The predicted octanol–water partition coefficient (Wildman–Crippen LogP) is 3.57. The number of rotatable bonds is 4. The van der Waals surface area contributed by atoms with Crippen molar-refractivity contribution < 1.29 is 0 Å². The molecule has 1 nitrogen and oxygen atoms in total. The zero-order chi connectivity index (χ0) is 12.3. The molecule has 1 aromatic rings. The number of hydrogen-bond donors (Lipinski definition) is 1. The molecular formula is C16H25N. The molecule has 2 atom stereocenters. The van der Waals surface area contributed by atoms with Crippen LogP contribution in [0.3, 0.4) is 0 Å². The number of hydrogen-bond acceptors (Lipinski definition) is 1. The van der Waals surface area contributed by atoms with Crippen LogP contribution >= 0.6 is 0 Å². The van der Waals surface area contributed by atoms with Crippen molar-refractivity contribution in [2.45, 2.75) is 52.0 Å². The maximum Gasteiger partial charge on any atom is 0.00695 e. The SMILES string of the molecule is CCc1ccc(CC2(C)CCC(NC)C2)cc1. The number of benzene rings is 1. The summed E-state index contributed by atoms with van der Waals surface area (Å²) in [5.41, 5.74) is 3.45. The number of nitrogens with one attached hydrogen (secondary N) is 1. The molecule has 1 heteroatoms. The van der Waals surface area contributed by atoms with Crippen molar-refractivity contribution in [2.75, 3.05) is 7.05 Å². The van der Waals surface area contributed by atoms with Crippen LogP contribution < -0.4 is 5.32 Å². The molecule has 17 heavy (non-hydrogen) atoms. The van der Waals surface area contributed by atoms with Gasteiger partial charge in [-0.2, -0.15) is 0 Å². The van der Waals surface area contributed by atoms with Crippen molar-refractivity contribution in [3.8, 4) is 0 Å². The van der Waals surface area contributed by atoms with E-state index >= 15 is 0 Å². The summed E-state index contributed by atoms with van der Waals surface area (Å²) >= 11 is 0. The predicted molar refractivity (Wildman–Crippen MR) is 74.3 cm³/mol. The minimum atomic E-state index is 0.501. The summed E-state index contributed by atoms with van der Waals surface area (Å²) in [6.45, 7) is 4.66. The van der Waals surface area contributed by atoms with E-state index < -0.39 is 0 Å². The van der Waals surface area contributed by atoms with Gasteiger partial charge < -0.3 is 5.32 Å². The smallest absolute Gasteiger partial charge is 0.00695 e.